The number of ether oxygens (including phenoxy) is 1. The van der Waals surface area contributed by atoms with Crippen LogP contribution in [-0.2, 0) is 9.53 Å². The molecule has 1 aliphatic rings. The Kier molecular flexibility index (Phi) is 6.09. The molecule has 0 aliphatic carbocycles. The Morgan fingerprint density at radius 2 is 1.80 bits per heavy atom. The second-order valence-corrected chi connectivity index (χ2v) is 7.96. The van der Waals surface area contributed by atoms with Crippen LogP contribution in [0.3, 0.4) is 0 Å². The van der Waals surface area contributed by atoms with Crippen LogP contribution in [0.1, 0.15) is 51.2 Å². The first kappa shape index (κ1) is 19.3. The smallest absolute Gasteiger partial charge is 0.410 e. The molecule has 138 valence electrons. The van der Waals surface area contributed by atoms with Gasteiger partial charge in [0.2, 0.25) is 5.91 Å². The molecule has 0 bridgehead atoms. The Labute approximate surface area is 150 Å². The number of carbonyl (C=O) groups excluding carboxylic acids is 2. The minimum Gasteiger partial charge on any atom is -0.444 e. The van der Waals surface area contributed by atoms with E-state index in [2.05, 4.69) is 12.2 Å². The van der Waals surface area contributed by atoms with Crippen molar-refractivity contribution in [1.29, 1.82) is 0 Å². The van der Waals surface area contributed by atoms with Gasteiger partial charge in [-0.2, -0.15) is 0 Å². The topological polar surface area (TPSA) is 58.6 Å². The molecule has 1 aliphatic heterocycles. The van der Waals surface area contributed by atoms with E-state index in [1.165, 1.54) is 11.1 Å². The molecule has 0 spiro atoms. The fourth-order valence-corrected chi connectivity index (χ4v) is 2.94. The van der Waals surface area contributed by atoms with E-state index in [-0.39, 0.29) is 12.0 Å². The molecule has 0 atom stereocenters. The van der Waals surface area contributed by atoms with Crippen molar-refractivity contribution in [2.75, 3.05) is 18.4 Å². The molecule has 25 heavy (non-hydrogen) atoms. The van der Waals surface area contributed by atoms with Crippen LogP contribution in [-0.4, -0.2) is 35.6 Å². The van der Waals surface area contributed by atoms with E-state index in [1.54, 1.807) is 4.90 Å². The number of nitrogens with zero attached hydrogens (tertiary/aromatic N) is 1. The molecule has 1 heterocycles. The summed E-state index contributed by atoms with van der Waals surface area (Å²) in [6.07, 6.45) is 1.90. The van der Waals surface area contributed by atoms with Crippen LogP contribution in [0.2, 0.25) is 0 Å². The monoisotopic (exact) mass is 346 g/mol. The quantitative estimate of drug-likeness (QED) is 0.889. The zero-order valence-corrected chi connectivity index (χ0v) is 16.0. The number of amides is 2. The van der Waals surface area contributed by atoms with Gasteiger partial charge in [0.25, 0.3) is 0 Å². The number of benzene rings is 1. The lowest BCUT2D eigenvalue weighted by Gasteiger charge is -2.33. The average Bonchev–Trinajstić information content (AvgIpc) is 2.50. The van der Waals surface area contributed by atoms with Crippen molar-refractivity contribution >= 4 is 17.7 Å². The Morgan fingerprint density at radius 3 is 2.36 bits per heavy atom. The van der Waals surface area contributed by atoms with Crippen LogP contribution in [0, 0.1) is 19.8 Å². The van der Waals surface area contributed by atoms with E-state index in [9.17, 15) is 9.59 Å². The van der Waals surface area contributed by atoms with Gasteiger partial charge in [-0.25, -0.2) is 4.79 Å². The number of anilines is 1. The van der Waals surface area contributed by atoms with Crippen molar-refractivity contribution < 1.29 is 14.3 Å². The summed E-state index contributed by atoms with van der Waals surface area (Å²) in [4.78, 5) is 26.1. The van der Waals surface area contributed by atoms with Gasteiger partial charge in [-0.15, -0.1) is 0 Å². The zero-order valence-electron chi connectivity index (χ0n) is 16.0. The summed E-state index contributed by atoms with van der Waals surface area (Å²) < 4.78 is 5.40. The molecule has 0 unspecified atom stereocenters. The molecule has 0 saturated carbocycles. The number of nitrogens with one attached hydrogen (secondary N) is 1. The largest absolute Gasteiger partial charge is 0.444 e. The zero-order chi connectivity index (χ0) is 18.6. The predicted octanol–water partition coefficient (Wildman–Crippen LogP) is 4.28. The fourth-order valence-electron chi connectivity index (χ4n) is 2.94. The summed E-state index contributed by atoms with van der Waals surface area (Å²) in [5, 5.41) is 2.98. The van der Waals surface area contributed by atoms with Gasteiger partial charge in [0.15, 0.2) is 0 Å². The van der Waals surface area contributed by atoms with E-state index < -0.39 is 5.60 Å². The van der Waals surface area contributed by atoms with Crippen molar-refractivity contribution in [3.63, 3.8) is 0 Å². The van der Waals surface area contributed by atoms with Crippen LogP contribution in [0.15, 0.2) is 18.2 Å². The number of likely N-dealkylation sites (tertiary alicyclic amines) is 1. The molecule has 2 rings (SSSR count). The molecule has 1 saturated heterocycles. The van der Waals surface area contributed by atoms with Crippen molar-refractivity contribution in [2.24, 2.45) is 5.92 Å². The summed E-state index contributed by atoms with van der Waals surface area (Å²) in [7, 11) is 0. The summed E-state index contributed by atoms with van der Waals surface area (Å²) in [5.74, 6) is 0.351. The molecule has 1 fully saturated rings. The third-order valence-electron chi connectivity index (χ3n) is 4.53. The van der Waals surface area contributed by atoms with Crippen molar-refractivity contribution in [2.45, 2.75) is 59.5 Å². The molecule has 0 radical (unpaired) electrons. The van der Waals surface area contributed by atoms with Gasteiger partial charge in [-0.3, -0.25) is 4.79 Å². The van der Waals surface area contributed by atoms with Gasteiger partial charge in [0.1, 0.15) is 5.60 Å². The number of carbonyl (C=O) groups is 2. The van der Waals surface area contributed by atoms with Crippen LogP contribution < -0.4 is 5.32 Å². The van der Waals surface area contributed by atoms with E-state index in [0.29, 0.717) is 25.4 Å². The minimum atomic E-state index is -0.472. The summed E-state index contributed by atoms with van der Waals surface area (Å²) >= 11 is 0. The third kappa shape index (κ3) is 6.07. The fraction of sp³-hybridized carbons (Fsp3) is 0.600. The van der Waals surface area contributed by atoms with Crippen molar-refractivity contribution in [3.8, 4) is 0 Å². The van der Waals surface area contributed by atoms with Gasteiger partial charge in [0.05, 0.1) is 0 Å². The maximum absolute atomic E-state index is 12.3. The Hall–Kier alpha value is -2.04. The Balaban J connectivity index is 1.78. The minimum absolute atomic E-state index is 0.0407. The molecule has 0 aromatic heterocycles. The molecule has 1 aromatic rings. The summed E-state index contributed by atoms with van der Waals surface area (Å²) in [6.45, 7) is 11.0. The average molecular weight is 346 g/mol. The van der Waals surface area contributed by atoms with Crippen LogP contribution in [0.25, 0.3) is 0 Å². The lowest BCUT2D eigenvalue weighted by atomic mass is 9.93. The number of aryl methyl sites for hydroxylation is 2. The van der Waals surface area contributed by atoms with E-state index >= 15 is 0 Å². The molecular formula is C20H30N2O3. The molecule has 1 aromatic carbocycles. The first-order chi connectivity index (χ1) is 11.6. The maximum atomic E-state index is 12.3. The molecule has 2 amide bonds. The SMILES string of the molecule is Cc1ccc(NC(=O)CC2CCN(C(=O)OC(C)(C)C)CC2)cc1C. The van der Waals surface area contributed by atoms with Gasteiger partial charge < -0.3 is 15.0 Å². The second-order valence-electron chi connectivity index (χ2n) is 7.96. The summed E-state index contributed by atoms with van der Waals surface area (Å²) in [6, 6.07) is 5.95. The standard InChI is InChI=1S/C20H30N2O3/c1-14-6-7-17(12-15(14)2)21-18(23)13-16-8-10-22(11-9-16)19(24)25-20(3,4)5/h6-7,12,16H,8-11,13H2,1-5H3,(H,21,23). The maximum Gasteiger partial charge on any atom is 0.410 e. The van der Waals surface area contributed by atoms with Crippen LogP contribution >= 0.6 is 0 Å². The van der Waals surface area contributed by atoms with E-state index in [0.717, 1.165) is 18.5 Å². The number of hydrogen-bond donors (Lipinski definition) is 1. The highest BCUT2D eigenvalue weighted by atomic mass is 16.6. The van der Waals surface area contributed by atoms with Gasteiger partial charge in [-0.05, 0) is 76.6 Å². The third-order valence-corrected chi connectivity index (χ3v) is 4.53. The summed E-state index contributed by atoms with van der Waals surface area (Å²) in [5.41, 5.74) is 2.76. The first-order valence-corrected chi connectivity index (χ1v) is 8.99. The highest BCUT2D eigenvalue weighted by Crippen LogP contribution is 2.23. The van der Waals surface area contributed by atoms with Crippen LogP contribution in [0.5, 0.6) is 0 Å². The Bertz CT molecular complexity index is 626. The lowest BCUT2D eigenvalue weighted by Crippen LogP contribution is -2.42. The first-order valence-electron chi connectivity index (χ1n) is 8.99. The highest BCUT2D eigenvalue weighted by molar-refractivity contribution is 5.91. The van der Waals surface area contributed by atoms with Gasteiger partial charge in [-0.1, -0.05) is 6.07 Å². The molecular weight excluding hydrogens is 316 g/mol. The number of hydrogen-bond acceptors (Lipinski definition) is 3. The van der Waals surface area contributed by atoms with Crippen LogP contribution in [0.4, 0.5) is 10.5 Å². The normalized spacial score (nSPS) is 15.8. The van der Waals surface area contributed by atoms with E-state index in [1.807, 2.05) is 45.9 Å². The predicted molar refractivity (Wildman–Crippen MR) is 99.7 cm³/mol. The van der Waals surface area contributed by atoms with E-state index in [4.69, 9.17) is 4.74 Å². The second kappa shape index (κ2) is 7.89. The Morgan fingerprint density at radius 1 is 1.16 bits per heavy atom. The van der Waals surface area contributed by atoms with Gasteiger partial charge in [0, 0.05) is 25.2 Å². The van der Waals surface area contributed by atoms with Gasteiger partial charge >= 0.3 is 6.09 Å². The number of piperidine rings is 1. The number of rotatable bonds is 3. The highest BCUT2D eigenvalue weighted by Gasteiger charge is 2.27. The molecule has 5 nitrogen and oxygen atoms in total. The van der Waals surface area contributed by atoms with Crippen molar-refractivity contribution in [1.82, 2.24) is 4.90 Å². The lowest BCUT2D eigenvalue weighted by molar-refractivity contribution is -0.117. The molecule has 1 N–H and O–H groups in total. The molecule has 5 heteroatoms. The van der Waals surface area contributed by atoms with Crippen molar-refractivity contribution in [3.05, 3.63) is 29.3 Å².